The van der Waals surface area contributed by atoms with Crippen LogP contribution in [0.3, 0.4) is 0 Å². The highest BCUT2D eigenvalue weighted by molar-refractivity contribution is 5.99. The molecule has 0 saturated heterocycles. The molecular formula is C15H16O2. The van der Waals surface area contributed by atoms with Crippen LogP contribution in [0.15, 0.2) is 24.3 Å². The fourth-order valence-electron chi connectivity index (χ4n) is 2.93. The van der Waals surface area contributed by atoms with Gasteiger partial charge in [-0.15, -0.1) is 0 Å². The van der Waals surface area contributed by atoms with Crippen LogP contribution in [0, 0.1) is 5.92 Å². The van der Waals surface area contributed by atoms with Gasteiger partial charge in [0, 0.05) is 6.42 Å². The van der Waals surface area contributed by atoms with Gasteiger partial charge in [-0.3, -0.25) is 4.79 Å². The molecule has 2 heteroatoms. The molecular weight excluding hydrogens is 212 g/mol. The minimum atomic E-state index is 0.270. The summed E-state index contributed by atoms with van der Waals surface area (Å²) in [7, 11) is 1.68. The first kappa shape index (κ1) is 10.6. The summed E-state index contributed by atoms with van der Waals surface area (Å²) in [5.74, 6) is 1.72. The Morgan fingerprint density at radius 1 is 1.24 bits per heavy atom. The zero-order valence-corrected chi connectivity index (χ0v) is 10.0. The van der Waals surface area contributed by atoms with Crippen LogP contribution in [0.4, 0.5) is 0 Å². The fraction of sp³-hybridized carbons (Fsp3) is 0.400. The lowest BCUT2D eigenvalue weighted by Crippen LogP contribution is -2.19. The Labute approximate surface area is 101 Å². The Kier molecular flexibility index (Phi) is 2.50. The second-order valence-corrected chi connectivity index (χ2v) is 4.86. The number of ketones is 1. The van der Waals surface area contributed by atoms with Crippen LogP contribution in [0.5, 0.6) is 5.75 Å². The van der Waals surface area contributed by atoms with Crippen molar-refractivity contribution in [3.05, 3.63) is 35.4 Å². The first-order valence-electron chi connectivity index (χ1n) is 6.19. The molecule has 0 amide bonds. The molecule has 2 aliphatic rings. The lowest BCUT2D eigenvalue weighted by atomic mass is 9.74. The number of carbonyl (C=O) groups excluding carboxylic acids is 1. The predicted molar refractivity (Wildman–Crippen MR) is 67.0 cm³/mol. The van der Waals surface area contributed by atoms with Gasteiger partial charge >= 0.3 is 0 Å². The first-order chi connectivity index (χ1) is 8.28. The van der Waals surface area contributed by atoms with Crippen molar-refractivity contribution in [3.63, 3.8) is 0 Å². The molecule has 0 aliphatic heterocycles. The lowest BCUT2D eigenvalue weighted by molar-refractivity contribution is -0.115. The smallest absolute Gasteiger partial charge is 0.156 e. The molecule has 2 aliphatic carbocycles. The van der Waals surface area contributed by atoms with Crippen LogP contribution in [0.1, 0.15) is 30.4 Å². The van der Waals surface area contributed by atoms with Crippen molar-refractivity contribution in [2.75, 3.05) is 7.11 Å². The molecule has 3 rings (SSSR count). The highest BCUT2D eigenvalue weighted by Gasteiger charge is 2.28. The summed E-state index contributed by atoms with van der Waals surface area (Å²) in [6, 6.07) is 6.21. The Balaban J connectivity index is 2.11. The van der Waals surface area contributed by atoms with Crippen molar-refractivity contribution in [2.24, 2.45) is 5.92 Å². The number of carbonyl (C=O) groups is 1. The number of fused-ring (bicyclic) bond motifs is 3. The third-order valence-electron chi connectivity index (χ3n) is 3.89. The summed E-state index contributed by atoms with van der Waals surface area (Å²) >= 11 is 0. The van der Waals surface area contributed by atoms with E-state index in [2.05, 4.69) is 12.1 Å². The van der Waals surface area contributed by atoms with Crippen LogP contribution in [-0.2, 0) is 11.2 Å². The van der Waals surface area contributed by atoms with E-state index in [0.717, 1.165) is 18.6 Å². The molecule has 1 unspecified atom stereocenters. The molecule has 0 N–H and O–H groups in total. The Bertz CT molecular complexity index is 500. The zero-order chi connectivity index (χ0) is 11.8. The van der Waals surface area contributed by atoms with Gasteiger partial charge in [0.15, 0.2) is 5.78 Å². The van der Waals surface area contributed by atoms with E-state index in [0.29, 0.717) is 12.3 Å². The highest BCUT2D eigenvalue weighted by Crippen LogP contribution is 2.41. The third-order valence-corrected chi connectivity index (χ3v) is 3.89. The molecule has 1 aromatic carbocycles. The van der Waals surface area contributed by atoms with Gasteiger partial charge in [0.1, 0.15) is 5.75 Å². The summed E-state index contributed by atoms with van der Waals surface area (Å²) < 4.78 is 5.27. The maximum absolute atomic E-state index is 11.6. The summed E-state index contributed by atoms with van der Waals surface area (Å²) in [6.45, 7) is 0. The van der Waals surface area contributed by atoms with Gasteiger partial charge in [0.2, 0.25) is 0 Å². The molecule has 17 heavy (non-hydrogen) atoms. The van der Waals surface area contributed by atoms with Crippen LogP contribution >= 0.6 is 0 Å². The van der Waals surface area contributed by atoms with Gasteiger partial charge in [-0.2, -0.15) is 0 Å². The normalized spacial score (nSPS) is 22.5. The van der Waals surface area contributed by atoms with Crippen molar-refractivity contribution in [3.8, 4) is 5.75 Å². The molecule has 0 heterocycles. The van der Waals surface area contributed by atoms with Gasteiger partial charge in [-0.1, -0.05) is 6.07 Å². The van der Waals surface area contributed by atoms with E-state index in [-0.39, 0.29) is 5.78 Å². The monoisotopic (exact) mass is 228 g/mol. The second kappa shape index (κ2) is 4.02. The largest absolute Gasteiger partial charge is 0.497 e. The standard InChI is InChI=1S/C15H16O2/c1-17-13-7-5-11-3-2-10-4-6-12(16)8-14(10)15(11)9-13/h5,7-10H,2-4,6H2,1H3. The number of hydrogen-bond acceptors (Lipinski definition) is 2. The van der Waals surface area contributed by atoms with Crippen molar-refractivity contribution >= 4 is 11.4 Å². The Hall–Kier alpha value is -1.57. The number of ether oxygens (including phenoxy) is 1. The van der Waals surface area contributed by atoms with Crippen molar-refractivity contribution < 1.29 is 9.53 Å². The second-order valence-electron chi connectivity index (χ2n) is 4.86. The number of rotatable bonds is 1. The van der Waals surface area contributed by atoms with Gasteiger partial charge in [-0.05, 0) is 60.1 Å². The number of methoxy groups -OCH3 is 1. The molecule has 0 bridgehead atoms. The molecule has 88 valence electrons. The van der Waals surface area contributed by atoms with Gasteiger partial charge in [0.05, 0.1) is 7.11 Å². The topological polar surface area (TPSA) is 26.3 Å². The van der Waals surface area contributed by atoms with Crippen molar-refractivity contribution in [1.82, 2.24) is 0 Å². The predicted octanol–water partition coefficient (Wildman–Crippen LogP) is 3.00. The van der Waals surface area contributed by atoms with Crippen LogP contribution in [0.25, 0.3) is 5.57 Å². The minimum Gasteiger partial charge on any atom is -0.497 e. The summed E-state index contributed by atoms with van der Waals surface area (Å²) in [5.41, 5.74) is 3.82. The summed E-state index contributed by atoms with van der Waals surface area (Å²) in [6.07, 6.45) is 5.88. The van der Waals surface area contributed by atoms with Gasteiger partial charge in [-0.25, -0.2) is 0 Å². The molecule has 0 fully saturated rings. The molecule has 0 aromatic heterocycles. The fourth-order valence-corrected chi connectivity index (χ4v) is 2.93. The molecule has 2 nitrogen and oxygen atoms in total. The van der Waals surface area contributed by atoms with E-state index >= 15 is 0 Å². The van der Waals surface area contributed by atoms with Gasteiger partial charge in [0.25, 0.3) is 0 Å². The SMILES string of the molecule is COc1ccc2c(c1)C1=CC(=O)CCC1CC2. The minimum absolute atomic E-state index is 0.270. The number of benzene rings is 1. The zero-order valence-electron chi connectivity index (χ0n) is 10.0. The van der Waals surface area contributed by atoms with E-state index in [1.54, 1.807) is 7.11 Å². The maximum Gasteiger partial charge on any atom is 0.156 e. The molecule has 1 aromatic rings. The quantitative estimate of drug-likeness (QED) is 0.738. The van der Waals surface area contributed by atoms with E-state index < -0.39 is 0 Å². The Morgan fingerprint density at radius 2 is 2.06 bits per heavy atom. The van der Waals surface area contributed by atoms with Crippen LogP contribution in [-0.4, -0.2) is 12.9 Å². The van der Waals surface area contributed by atoms with Crippen LogP contribution in [0.2, 0.25) is 0 Å². The first-order valence-corrected chi connectivity index (χ1v) is 6.19. The molecule has 1 atom stereocenters. The van der Waals surface area contributed by atoms with Gasteiger partial charge < -0.3 is 4.74 Å². The van der Waals surface area contributed by atoms with E-state index in [1.165, 1.54) is 23.1 Å². The Morgan fingerprint density at radius 3 is 2.88 bits per heavy atom. The average molecular weight is 228 g/mol. The molecule has 0 saturated carbocycles. The third kappa shape index (κ3) is 1.78. The van der Waals surface area contributed by atoms with E-state index in [1.807, 2.05) is 12.1 Å². The van der Waals surface area contributed by atoms with E-state index in [4.69, 9.17) is 4.74 Å². The average Bonchev–Trinajstić information content (AvgIpc) is 2.38. The maximum atomic E-state index is 11.6. The highest BCUT2D eigenvalue weighted by atomic mass is 16.5. The van der Waals surface area contributed by atoms with Crippen LogP contribution < -0.4 is 4.74 Å². The lowest BCUT2D eigenvalue weighted by Gasteiger charge is -2.30. The molecule has 0 spiro atoms. The number of allylic oxidation sites excluding steroid dienone is 2. The number of aryl methyl sites for hydroxylation is 1. The summed E-state index contributed by atoms with van der Waals surface area (Å²) in [5, 5.41) is 0. The summed E-state index contributed by atoms with van der Waals surface area (Å²) in [4.78, 5) is 11.6. The van der Waals surface area contributed by atoms with E-state index in [9.17, 15) is 4.79 Å². The molecule has 0 radical (unpaired) electrons. The van der Waals surface area contributed by atoms with Crippen molar-refractivity contribution in [2.45, 2.75) is 25.7 Å². The number of hydrogen-bond donors (Lipinski definition) is 0. The van der Waals surface area contributed by atoms with Crippen molar-refractivity contribution in [1.29, 1.82) is 0 Å².